The van der Waals surface area contributed by atoms with Crippen LogP contribution in [0.1, 0.15) is 0 Å². The van der Waals surface area contributed by atoms with Crippen molar-refractivity contribution in [1.29, 1.82) is 0 Å². The van der Waals surface area contributed by atoms with Crippen molar-refractivity contribution in [2.75, 3.05) is 4.90 Å². The third-order valence-corrected chi connectivity index (χ3v) is 16.8. The van der Waals surface area contributed by atoms with E-state index in [0.29, 0.717) is 0 Å². The van der Waals surface area contributed by atoms with Crippen LogP contribution in [0.2, 0.25) is 0 Å². The molecule has 3 heteroatoms. The van der Waals surface area contributed by atoms with Gasteiger partial charge in [0.15, 0.2) is 0 Å². The lowest BCUT2D eigenvalue weighted by atomic mass is 9.92. The molecular weight excluding hydrogens is 895 g/mol. The van der Waals surface area contributed by atoms with Gasteiger partial charge >= 0.3 is 0 Å². The number of hydrogen-bond donors (Lipinski definition) is 0. The molecule has 0 unspecified atom stereocenters. The minimum Gasteiger partial charge on any atom is -0.311 e. The van der Waals surface area contributed by atoms with Crippen molar-refractivity contribution in [2.24, 2.45) is 0 Å². The lowest BCUT2D eigenvalue weighted by molar-refractivity contribution is 1.28. The van der Waals surface area contributed by atoms with Crippen LogP contribution in [0.5, 0.6) is 0 Å². The molecule has 332 valence electrons. The summed E-state index contributed by atoms with van der Waals surface area (Å²) in [6.07, 6.45) is 0. The van der Waals surface area contributed by atoms with Gasteiger partial charge in [-0.3, -0.25) is 0 Å². The molecule has 2 heterocycles. The quantitative estimate of drug-likeness (QED) is 0.147. The highest BCUT2D eigenvalue weighted by molar-refractivity contribution is 7.27. The Labute approximate surface area is 420 Å². The van der Waals surface area contributed by atoms with Crippen molar-refractivity contribution in [3.8, 4) is 55.6 Å². The first-order chi connectivity index (χ1) is 35.2. The number of fused-ring (bicyclic) bond motifs is 10. The number of benzene rings is 12. The van der Waals surface area contributed by atoms with Gasteiger partial charge in [0.25, 0.3) is 0 Å². The summed E-state index contributed by atoms with van der Waals surface area (Å²) in [7, 11) is 0. The molecule has 0 amide bonds. The van der Waals surface area contributed by atoms with Gasteiger partial charge in [0.05, 0.1) is 0 Å². The Morgan fingerprint density at radius 3 is 0.986 bits per heavy atom. The van der Waals surface area contributed by atoms with Crippen LogP contribution in [-0.4, -0.2) is 0 Å². The van der Waals surface area contributed by atoms with E-state index in [9.17, 15) is 0 Å². The average Bonchev–Trinajstić information content (AvgIpc) is 4.04. The fourth-order valence-electron chi connectivity index (χ4n) is 10.7. The lowest BCUT2D eigenvalue weighted by Crippen LogP contribution is -2.09. The van der Waals surface area contributed by atoms with E-state index >= 15 is 0 Å². The van der Waals surface area contributed by atoms with Crippen LogP contribution in [0.4, 0.5) is 17.1 Å². The Bertz CT molecular complexity index is 4050. The molecule has 0 aliphatic carbocycles. The summed E-state index contributed by atoms with van der Waals surface area (Å²) >= 11 is 3.84. The van der Waals surface area contributed by atoms with E-state index in [1.165, 1.54) is 118 Å². The molecule has 14 aromatic rings. The molecule has 0 saturated heterocycles. The van der Waals surface area contributed by atoms with E-state index < -0.39 is 0 Å². The molecule has 0 aliphatic heterocycles. The molecule has 0 spiro atoms. The maximum Gasteiger partial charge on any atom is 0.0462 e. The van der Waals surface area contributed by atoms with Gasteiger partial charge in [-0.15, -0.1) is 22.7 Å². The second-order valence-corrected chi connectivity index (χ2v) is 20.4. The summed E-state index contributed by atoms with van der Waals surface area (Å²) in [5.41, 5.74) is 15.4. The molecule has 14 rings (SSSR count). The largest absolute Gasteiger partial charge is 0.311 e. The van der Waals surface area contributed by atoms with Crippen molar-refractivity contribution in [2.45, 2.75) is 0 Å². The van der Waals surface area contributed by atoms with Crippen molar-refractivity contribution in [3.63, 3.8) is 0 Å². The number of rotatable bonds is 8. The number of thiophene rings is 2. The highest BCUT2D eigenvalue weighted by atomic mass is 32.1. The predicted molar refractivity (Wildman–Crippen MR) is 309 cm³/mol. The second kappa shape index (κ2) is 17.1. The molecule has 0 saturated carbocycles. The topological polar surface area (TPSA) is 3.24 Å². The van der Waals surface area contributed by atoms with E-state index in [2.05, 4.69) is 266 Å². The molecule has 2 aromatic heterocycles. The van der Waals surface area contributed by atoms with E-state index in [0.717, 1.165) is 17.1 Å². The van der Waals surface area contributed by atoms with Gasteiger partial charge in [0.2, 0.25) is 0 Å². The third-order valence-electron chi connectivity index (χ3n) is 14.3. The summed E-state index contributed by atoms with van der Waals surface area (Å²) in [6, 6.07) is 96.0. The number of nitrogens with zero attached hydrogens (tertiary/aromatic N) is 1. The summed E-state index contributed by atoms with van der Waals surface area (Å²) in [4.78, 5) is 2.37. The number of hydrogen-bond acceptors (Lipinski definition) is 3. The van der Waals surface area contributed by atoms with Gasteiger partial charge in [-0.05, 0) is 132 Å². The minimum absolute atomic E-state index is 1.09. The highest BCUT2D eigenvalue weighted by Gasteiger charge is 2.19. The van der Waals surface area contributed by atoms with Crippen molar-refractivity contribution < 1.29 is 0 Å². The van der Waals surface area contributed by atoms with Gasteiger partial charge in [0.1, 0.15) is 0 Å². The van der Waals surface area contributed by atoms with E-state index in [-0.39, 0.29) is 0 Å². The van der Waals surface area contributed by atoms with Gasteiger partial charge in [-0.25, -0.2) is 0 Å². The number of anilines is 3. The standard InChI is InChI=1S/C68H43NS2/c1-3-13-44(14-4-1)46-25-33-54(34-26-46)69(55-35-27-47(28-36-55)45-15-5-2-6-16-45)56-37-29-48(30-38-56)51-41-52(59-21-11-23-61-63-39-31-49-17-7-9-19-57(49)65(63)70-67(59)61)43-53(42-51)60-22-12-24-62-64-40-32-50-18-8-10-20-58(50)66(64)71-68(60)62/h1-43H. The van der Waals surface area contributed by atoms with Crippen LogP contribution in [-0.2, 0) is 0 Å². The Morgan fingerprint density at radius 1 is 0.211 bits per heavy atom. The average molecular weight is 938 g/mol. The van der Waals surface area contributed by atoms with Gasteiger partial charge in [0, 0.05) is 57.4 Å². The zero-order valence-corrected chi connectivity index (χ0v) is 40.2. The normalized spacial score (nSPS) is 11.7. The van der Waals surface area contributed by atoms with Crippen molar-refractivity contribution in [1.82, 2.24) is 0 Å². The summed E-state index contributed by atoms with van der Waals surface area (Å²) in [5, 5.41) is 10.4. The molecule has 1 nitrogen and oxygen atoms in total. The monoisotopic (exact) mass is 937 g/mol. The Kier molecular flexibility index (Phi) is 9.97. The summed E-state index contributed by atoms with van der Waals surface area (Å²) in [6.45, 7) is 0. The first-order valence-electron chi connectivity index (χ1n) is 24.2. The fraction of sp³-hybridized carbons (Fsp3) is 0. The van der Waals surface area contributed by atoms with Crippen LogP contribution < -0.4 is 4.90 Å². The Balaban J connectivity index is 0.930. The van der Waals surface area contributed by atoms with Crippen molar-refractivity contribution in [3.05, 3.63) is 261 Å². The maximum absolute atomic E-state index is 2.44. The SMILES string of the molecule is c1ccc(-c2ccc(N(c3ccc(-c4ccccc4)cc3)c3ccc(-c4cc(-c5cccc6c5sc5c7ccccc7ccc65)cc(-c5cccc6c5sc5c7ccccc7ccc65)c4)cc3)cc2)cc1. The zero-order valence-electron chi connectivity index (χ0n) is 38.6. The molecule has 0 bridgehead atoms. The first-order valence-corrected chi connectivity index (χ1v) is 25.9. The molecule has 0 aliphatic rings. The Morgan fingerprint density at radius 2 is 0.549 bits per heavy atom. The van der Waals surface area contributed by atoms with Crippen LogP contribution in [0.3, 0.4) is 0 Å². The maximum atomic E-state index is 2.44. The fourth-order valence-corrected chi connectivity index (χ4v) is 13.5. The molecule has 0 radical (unpaired) electrons. The lowest BCUT2D eigenvalue weighted by Gasteiger charge is -2.26. The van der Waals surface area contributed by atoms with E-state index in [1.54, 1.807) is 0 Å². The molecule has 12 aromatic carbocycles. The second-order valence-electron chi connectivity index (χ2n) is 18.4. The van der Waals surface area contributed by atoms with E-state index in [1.807, 2.05) is 22.7 Å². The zero-order chi connectivity index (χ0) is 46.8. The first kappa shape index (κ1) is 41.4. The Hall–Kier alpha value is -8.60. The molecule has 0 N–H and O–H groups in total. The van der Waals surface area contributed by atoms with Crippen LogP contribution >= 0.6 is 22.7 Å². The van der Waals surface area contributed by atoms with E-state index in [4.69, 9.17) is 0 Å². The highest BCUT2D eigenvalue weighted by Crippen LogP contribution is 2.47. The molecule has 71 heavy (non-hydrogen) atoms. The van der Waals surface area contributed by atoms with Gasteiger partial charge < -0.3 is 4.90 Å². The third kappa shape index (κ3) is 7.21. The summed E-state index contributed by atoms with van der Waals surface area (Å²) in [5.74, 6) is 0. The smallest absolute Gasteiger partial charge is 0.0462 e. The van der Waals surface area contributed by atoms with Gasteiger partial charge in [-0.1, -0.05) is 206 Å². The molecular formula is C68H43NS2. The minimum atomic E-state index is 1.09. The van der Waals surface area contributed by atoms with Crippen LogP contribution in [0.25, 0.3) is 118 Å². The van der Waals surface area contributed by atoms with Crippen LogP contribution in [0.15, 0.2) is 261 Å². The van der Waals surface area contributed by atoms with Crippen LogP contribution in [0, 0.1) is 0 Å². The van der Waals surface area contributed by atoms with Crippen molar-refractivity contribution >= 4 is 102 Å². The predicted octanol–water partition coefficient (Wildman–Crippen LogP) is 20.5. The molecule has 0 fully saturated rings. The molecule has 0 atom stereocenters. The van der Waals surface area contributed by atoms with Gasteiger partial charge in [-0.2, -0.15) is 0 Å². The summed E-state index contributed by atoms with van der Waals surface area (Å²) < 4.78 is 5.31.